The van der Waals surface area contributed by atoms with E-state index in [4.69, 9.17) is 39.5 Å². The Balaban J connectivity index is 1.71. The molecule has 5 rings (SSSR count). The minimum absolute atomic E-state index is 0.0776. The number of nitrogens with zero attached hydrogens (tertiary/aromatic N) is 2. The normalized spacial score (nSPS) is 12.1. The minimum Gasteiger partial charge on any atom is -0.488 e. The molecule has 0 atom stereocenters. The molecule has 0 saturated heterocycles. The van der Waals surface area contributed by atoms with Crippen LogP contribution in [0.25, 0.3) is 28.1 Å². The van der Waals surface area contributed by atoms with Crippen LogP contribution >= 0.6 is 34.8 Å². The summed E-state index contributed by atoms with van der Waals surface area (Å²) in [7, 11) is 0. The third-order valence-corrected chi connectivity index (χ3v) is 5.86. The summed E-state index contributed by atoms with van der Waals surface area (Å²) < 4.78 is 7.47. The molecule has 4 aromatic rings. The molecule has 0 amide bonds. The standard InChI is InChI=1S/C23H13Cl3N2O3/c24-14-3-1-2-12(8-14)13-4-6-16-20(9-13)31-11-17-21(23(29)30)27-28(22(16)17)19-7-5-15(25)10-18(19)26/h1-10H,11H2,(H,29,30). The molecule has 1 aliphatic rings. The number of halogens is 3. The first-order valence-electron chi connectivity index (χ1n) is 9.26. The lowest BCUT2D eigenvalue weighted by Gasteiger charge is -2.21. The predicted octanol–water partition coefficient (Wildman–Crippen LogP) is 6.76. The third kappa shape index (κ3) is 3.45. The predicted molar refractivity (Wildman–Crippen MR) is 121 cm³/mol. The molecule has 0 fully saturated rings. The molecule has 0 unspecified atom stereocenters. The second kappa shape index (κ2) is 7.61. The van der Waals surface area contributed by atoms with Crippen LogP contribution in [0, 0.1) is 0 Å². The summed E-state index contributed by atoms with van der Waals surface area (Å²) in [4.78, 5) is 11.8. The van der Waals surface area contributed by atoms with Crippen LogP contribution < -0.4 is 4.74 Å². The van der Waals surface area contributed by atoms with Crippen molar-refractivity contribution in [1.29, 1.82) is 0 Å². The second-order valence-electron chi connectivity index (χ2n) is 7.00. The Labute approximate surface area is 192 Å². The molecule has 1 N–H and O–H groups in total. The van der Waals surface area contributed by atoms with E-state index in [-0.39, 0.29) is 12.3 Å². The van der Waals surface area contributed by atoms with Gasteiger partial charge in [-0.1, -0.05) is 53.0 Å². The molecule has 5 nitrogen and oxygen atoms in total. The Morgan fingerprint density at radius 1 is 0.968 bits per heavy atom. The van der Waals surface area contributed by atoms with Crippen molar-refractivity contribution in [2.45, 2.75) is 6.61 Å². The zero-order chi connectivity index (χ0) is 21.7. The SMILES string of the molecule is O=C(O)c1nn(-c2ccc(Cl)cc2Cl)c2c1COc1cc(-c3cccc(Cl)c3)ccc1-2. The molecule has 0 spiro atoms. The Morgan fingerprint density at radius 3 is 2.48 bits per heavy atom. The molecule has 0 bridgehead atoms. The van der Waals surface area contributed by atoms with Gasteiger partial charge >= 0.3 is 5.97 Å². The number of rotatable bonds is 3. The highest BCUT2D eigenvalue weighted by molar-refractivity contribution is 6.35. The summed E-state index contributed by atoms with van der Waals surface area (Å²) >= 11 is 18.6. The first kappa shape index (κ1) is 19.9. The summed E-state index contributed by atoms with van der Waals surface area (Å²) in [6.45, 7) is 0.0776. The molecule has 154 valence electrons. The fourth-order valence-electron chi connectivity index (χ4n) is 3.70. The fraction of sp³-hybridized carbons (Fsp3) is 0.0435. The van der Waals surface area contributed by atoms with Gasteiger partial charge < -0.3 is 9.84 Å². The number of ether oxygens (including phenoxy) is 1. The summed E-state index contributed by atoms with van der Waals surface area (Å²) in [5.74, 6) is -0.518. The highest BCUT2D eigenvalue weighted by atomic mass is 35.5. The van der Waals surface area contributed by atoms with Gasteiger partial charge in [0.05, 0.1) is 22.0 Å². The molecular formula is C23H13Cl3N2O3. The largest absolute Gasteiger partial charge is 0.488 e. The van der Waals surface area contributed by atoms with Gasteiger partial charge in [-0.05, 0) is 53.6 Å². The zero-order valence-electron chi connectivity index (χ0n) is 15.8. The van der Waals surface area contributed by atoms with Crippen molar-refractivity contribution in [2.75, 3.05) is 0 Å². The molecule has 1 aliphatic heterocycles. The summed E-state index contributed by atoms with van der Waals surface area (Å²) in [6, 6.07) is 18.2. The van der Waals surface area contributed by atoms with Crippen molar-refractivity contribution in [1.82, 2.24) is 9.78 Å². The van der Waals surface area contributed by atoms with Crippen molar-refractivity contribution in [2.24, 2.45) is 0 Å². The van der Waals surface area contributed by atoms with Crippen LogP contribution in [0.15, 0.2) is 60.7 Å². The molecule has 2 heterocycles. The number of hydrogen-bond donors (Lipinski definition) is 1. The number of carboxylic acids is 1. The van der Waals surface area contributed by atoms with Gasteiger partial charge in [0.15, 0.2) is 5.69 Å². The molecule has 0 radical (unpaired) electrons. The van der Waals surface area contributed by atoms with Crippen molar-refractivity contribution in [3.8, 4) is 33.8 Å². The van der Waals surface area contributed by atoms with E-state index in [1.165, 1.54) is 4.68 Å². The lowest BCUT2D eigenvalue weighted by Crippen LogP contribution is -2.10. The minimum atomic E-state index is -1.14. The van der Waals surface area contributed by atoms with E-state index in [2.05, 4.69) is 5.10 Å². The molecule has 8 heteroatoms. The summed E-state index contributed by atoms with van der Waals surface area (Å²) in [6.07, 6.45) is 0. The number of benzene rings is 3. The van der Waals surface area contributed by atoms with Crippen LogP contribution in [-0.4, -0.2) is 20.9 Å². The maximum atomic E-state index is 11.8. The number of carboxylic acid groups (broad SMARTS) is 1. The first-order valence-corrected chi connectivity index (χ1v) is 10.4. The number of aromatic nitrogens is 2. The fourth-order valence-corrected chi connectivity index (χ4v) is 4.38. The highest BCUT2D eigenvalue weighted by Gasteiger charge is 2.30. The van der Waals surface area contributed by atoms with E-state index in [1.807, 2.05) is 42.5 Å². The molecule has 0 aliphatic carbocycles. The molecule has 0 saturated carbocycles. The lowest BCUT2D eigenvalue weighted by atomic mass is 9.98. The molecule has 1 aromatic heterocycles. The van der Waals surface area contributed by atoms with E-state index in [1.54, 1.807) is 18.2 Å². The van der Waals surface area contributed by atoms with Gasteiger partial charge in [-0.25, -0.2) is 9.48 Å². The van der Waals surface area contributed by atoms with Crippen LogP contribution in [-0.2, 0) is 6.61 Å². The van der Waals surface area contributed by atoms with Crippen LogP contribution in [0.3, 0.4) is 0 Å². The molecule has 31 heavy (non-hydrogen) atoms. The second-order valence-corrected chi connectivity index (χ2v) is 8.28. The van der Waals surface area contributed by atoms with Gasteiger partial charge in [-0.2, -0.15) is 5.10 Å². The maximum absolute atomic E-state index is 11.8. The van der Waals surface area contributed by atoms with Crippen molar-refractivity contribution in [3.05, 3.63) is 87.0 Å². The smallest absolute Gasteiger partial charge is 0.356 e. The average molecular weight is 472 g/mol. The Bertz CT molecular complexity index is 1360. The van der Waals surface area contributed by atoms with Gasteiger partial charge in [0, 0.05) is 15.6 Å². The lowest BCUT2D eigenvalue weighted by molar-refractivity contribution is 0.0687. The van der Waals surface area contributed by atoms with Crippen LogP contribution in [0.4, 0.5) is 0 Å². The van der Waals surface area contributed by atoms with Gasteiger partial charge in [0.1, 0.15) is 12.4 Å². The van der Waals surface area contributed by atoms with Crippen LogP contribution in [0.2, 0.25) is 15.1 Å². The van der Waals surface area contributed by atoms with E-state index in [0.717, 1.165) is 16.7 Å². The van der Waals surface area contributed by atoms with Crippen molar-refractivity contribution in [3.63, 3.8) is 0 Å². The van der Waals surface area contributed by atoms with Crippen LogP contribution in [0.1, 0.15) is 16.1 Å². The number of fused-ring (bicyclic) bond motifs is 3. The third-order valence-electron chi connectivity index (χ3n) is 5.09. The molecule has 3 aromatic carbocycles. The first-order chi connectivity index (χ1) is 14.9. The zero-order valence-corrected chi connectivity index (χ0v) is 18.0. The Morgan fingerprint density at radius 2 is 1.74 bits per heavy atom. The van der Waals surface area contributed by atoms with Gasteiger partial charge in [0.2, 0.25) is 0 Å². The molecular weight excluding hydrogens is 459 g/mol. The Hall–Kier alpha value is -2.99. The summed E-state index contributed by atoms with van der Waals surface area (Å²) in [5, 5.41) is 15.5. The average Bonchev–Trinajstić information content (AvgIpc) is 3.13. The summed E-state index contributed by atoms with van der Waals surface area (Å²) in [5.41, 5.74) is 4.16. The quantitative estimate of drug-likeness (QED) is 0.359. The van der Waals surface area contributed by atoms with E-state index >= 15 is 0 Å². The van der Waals surface area contributed by atoms with E-state index in [9.17, 15) is 9.90 Å². The topological polar surface area (TPSA) is 64.3 Å². The number of aromatic carboxylic acids is 1. The number of carbonyl (C=O) groups is 1. The highest BCUT2D eigenvalue weighted by Crippen LogP contribution is 2.43. The van der Waals surface area contributed by atoms with E-state index < -0.39 is 5.97 Å². The maximum Gasteiger partial charge on any atom is 0.356 e. The number of hydrogen-bond acceptors (Lipinski definition) is 3. The van der Waals surface area contributed by atoms with Crippen molar-refractivity contribution < 1.29 is 14.6 Å². The Kier molecular flexibility index (Phi) is 4.89. The van der Waals surface area contributed by atoms with E-state index in [0.29, 0.717) is 37.8 Å². The van der Waals surface area contributed by atoms with Crippen LogP contribution in [0.5, 0.6) is 5.75 Å². The monoisotopic (exact) mass is 470 g/mol. The van der Waals surface area contributed by atoms with Gasteiger partial charge in [0.25, 0.3) is 0 Å². The van der Waals surface area contributed by atoms with Crippen molar-refractivity contribution >= 4 is 40.8 Å². The van der Waals surface area contributed by atoms with Gasteiger partial charge in [-0.15, -0.1) is 0 Å². The van der Waals surface area contributed by atoms with Gasteiger partial charge in [-0.3, -0.25) is 0 Å².